The van der Waals surface area contributed by atoms with Crippen LogP contribution in [0.15, 0.2) is 18.2 Å². The molecule has 0 aromatic heterocycles. The highest BCUT2D eigenvalue weighted by Crippen LogP contribution is 2.35. The summed E-state index contributed by atoms with van der Waals surface area (Å²) in [5, 5.41) is 13.0. The quantitative estimate of drug-likeness (QED) is 0.843. The number of nitrogens with one attached hydrogen (secondary N) is 1. The first-order chi connectivity index (χ1) is 8.11. The van der Waals surface area contributed by atoms with Crippen LogP contribution in [0.25, 0.3) is 0 Å². The molecule has 2 N–H and O–H groups in total. The fourth-order valence-corrected chi connectivity index (χ4v) is 2.17. The van der Waals surface area contributed by atoms with Crippen molar-refractivity contribution in [2.75, 3.05) is 6.61 Å². The molecule has 0 bridgehead atoms. The van der Waals surface area contributed by atoms with Crippen LogP contribution in [0.2, 0.25) is 0 Å². The number of phenolic OH excluding ortho intramolecular Hbond substituents is 1. The van der Waals surface area contributed by atoms with E-state index in [4.69, 9.17) is 4.74 Å². The minimum absolute atomic E-state index is 0.245. The zero-order chi connectivity index (χ0) is 12.4. The molecule has 94 valence electrons. The third-order valence-corrected chi connectivity index (χ3v) is 3.74. The molecule has 1 aromatic rings. The Kier molecular flexibility index (Phi) is 3.57. The summed E-state index contributed by atoms with van der Waals surface area (Å²) in [7, 11) is 0. The molecule has 0 radical (unpaired) electrons. The Bertz CT molecular complexity index is 392. The third kappa shape index (κ3) is 2.55. The second kappa shape index (κ2) is 4.96. The zero-order valence-electron chi connectivity index (χ0n) is 10.7. The molecule has 1 aliphatic rings. The van der Waals surface area contributed by atoms with Crippen molar-refractivity contribution in [2.24, 2.45) is 5.92 Å². The highest BCUT2D eigenvalue weighted by molar-refractivity contribution is 5.44. The van der Waals surface area contributed by atoms with Gasteiger partial charge in [0, 0.05) is 17.7 Å². The fourth-order valence-electron chi connectivity index (χ4n) is 2.17. The van der Waals surface area contributed by atoms with E-state index in [1.54, 1.807) is 12.1 Å². The molecule has 0 saturated carbocycles. The second-order valence-corrected chi connectivity index (χ2v) is 4.93. The van der Waals surface area contributed by atoms with Crippen molar-refractivity contribution in [1.29, 1.82) is 0 Å². The molecule has 3 unspecified atom stereocenters. The van der Waals surface area contributed by atoms with E-state index in [-0.39, 0.29) is 11.8 Å². The largest absolute Gasteiger partial charge is 0.508 e. The predicted molar refractivity (Wildman–Crippen MR) is 68.4 cm³/mol. The number of fused-ring (bicyclic) bond motifs is 1. The van der Waals surface area contributed by atoms with Crippen molar-refractivity contribution in [3.05, 3.63) is 23.8 Å². The van der Waals surface area contributed by atoms with Crippen LogP contribution in [-0.4, -0.2) is 17.8 Å². The molecule has 3 heteroatoms. The lowest BCUT2D eigenvalue weighted by Gasteiger charge is -2.23. The van der Waals surface area contributed by atoms with Crippen LogP contribution in [0.1, 0.15) is 38.8 Å². The first-order valence-electron chi connectivity index (χ1n) is 6.33. The van der Waals surface area contributed by atoms with Crippen molar-refractivity contribution in [2.45, 2.75) is 39.3 Å². The summed E-state index contributed by atoms with van der Waals surface area (Å²) in [6.07, 6.45) is 1.17. The average molecular weight is 235 g/mol. The maximum absolute atomic E-state index is 9.39. The van der Waals surface area contributed by atoms with Crippen LogP contribution < -0.4 is 10.1 Å². The first-order valence-corrected chi connectivity index (χ1v) is 6.33. The second-order valence-electron chi connectivity index (χ2n) is 4.93. The molecule has 3 nitrogen and oxygen atoms in total. The number of hydrogen-bond donors (Lipinski definition) is 2. The summed E-state index contributed by atoms with van der Waals surface area (Å²) < 4.78 is 5.58. The molecule has 0 fully saturated rings. The van der Waals surface area contributed by atoms with E-state index < -0.39 is 0 Å². The van der Waals surface area contributed by atoms with Gasteiger partial charge in [0.15, 0.2) is 0 Å². The van der Waals surface area contributed by atoms with E-state index in [1.165, 1.54) is 6.42 Å². The Morgan fingerprint density at radius 2 is 2.24 bits per heavy atom. The summed E-state index contributed by atoms with van der Waals surface area (Å²) in [6, 6.07) is 6.06. The normalized spacial score (nSPS) is 21.7. The van der Waals surface area contributed by atoms with Gasteiger partial charge in [-0.05, 0) is 25.0 Å². The fraction of sp³-hybridized carbons (Fsp3) is 0.571. The minimum atomic E-state index is 0.245. The summed E-state index contributed by atoms with van der Waals surface area (Å²) in [5.74, 6) is 1.72. The Morgan fingerprint density at radius 1 is 1.47 bits per heavy atom. The predicted octanol–water partition coefficient (Wildman–Crippen LogP) is 2.85. The Morgan fingerprint density at radius 3 is 2.94 bits per heavy atom. The summed E-state index contributed by atoms with van der Waals surface area (Å²) in [6.45, 7) is 7.33. The molecule has 17 heavy (non-hydrogen) atoms. The molecule has 3 atom stereocenters. The lowest BCUT2D eigenvalue weighted by molar-refractivity contribution is 0.278. The SMILES string of the molecule is CCC(C)C(C)NC1COc2cc(O)ccc21. The van der Waals surface area contributed by atoms with E-state index >= 15 is 0 Å². The molecule has 2 rings (SSSR count). The number of rotatable bonds is 4. The highest BCUT2D eigenvalue weighted by atomic mass is 16.5. The van der Waals surface area contributed by atoms with Crippen molar-refractivity contribution in [3.63, 3.8) is 0 Å². The molecule has 0 amide bonds. The third-order valence-electron chi connectivity index (χ3n) is 3.74. The van der Waals surface area contributed by atoms with Gasteiger partial charge in [-0.1, -0.05) is 20.3 Å². The van der Waals surface area contributed by atoms with Gasteiger partial charge in [0.1, 0.15) is 18.1 Å². The zero-order valence-corrected chi connectivity index (χ0v) is 10.7. The standard InChI is InChI=1S/C14H21NO2/c1-4-9(2)10(3)15-13-8-17-14-7-11(16)5-6-12(13)14/h5-7,9-10,13,15-16H,4,8H2,1-3H3. The maximum Gasteiger partial charge on any atom is 0.127 e. The van der Waals surface area contributed by atoms with Gasteiger partial charge in [0.05, 0.1) is 6.04 Å². The molecule has 1 heterocycles. The van der Waals surface area contributed by atoms with Crippen LogP contribution in [0.3, 0.4) is 0 Å². The van der Waals surface area contributed by atoms with Gasteiger partial charge in [0.25, 0.3) is 0 Å². The lowest BCUT2D eigenvalue weighted by atomic mass is 9.99. The smallest absolute Gasteiger partial charge is 0.127 e. The van der Waals surface area contributed by atoms with E-state index in [0.29, 0.717) is 18.6 Å². The molecular weight excluding hydrogens is 214 g/mol. The maximum atomic E-state index is 9.39. The average Bonchev–Trinajstić information content (AvgIpc) is 2.70. The van der Waals surface area contributed by atoms with Crippen LogP contribution in [-0.2, 0) is 0 Å². The van der Waals surface area contributed by atoms with Crippen LogP contribution in [0.5, 0.6) is 11.5 Å². The Labute approximate surface area is 103 Å². The van der Waals surface area contributed by atoms with Gasteiger partial charge in [-0.15, -0.1) is 0 Å². The summed E-state index contributed by atoms with van der Waals surface area (Å²) in [4.78, 5) is 0. The van der Waals surface area contributed by atoms with E-state index in [0.717, 1.165) is 11.3 Å². The number of hydrogen-bond acceptors (Lipinski definition) is 3. The van der Waals surface area contributed by atoms with E-state index in [9.17, 15) is 5.11 Å². The Balaban J connectivity index is 2.07. The number of phenols is 1. The molecule has 0 aliphatic carbocycles. The van der Waals surface area contributed by atoms with Crippen LogP contribution in [0.4, 0.5) is 0 Å². The van der Waals surface area contributed by atoms with Gasteiger partial charge >= 0.3 is 0 Å². The van der Waals surface area contributed by atoms with Gasteiger partial charge in [-0.2, -0.15) is 0 Å². The van der Waals surface area contributed by atoms with E-state index in [1.807, 2.05) is 6.07 Å². The number of aromatic hydroxyl groups is 1. The van der Waals surface area contributed by atoms with E-state index in [2.05, 4.69) is 26.1 Å². The van der Waals surface area contributed by atoms with Crippen molar-refractivity contribution >= 4 is 0 Å². The number of ether oxygens (including phenoxy) is 1. The van der Waals surface area contributed by atoms with Gasteiger partial charge < -0.3 is 15.2 Å². The molecule has 0 saturated heterocycles. The summed E-state index contributed by atoms with van der Waals surface area (Å²) in [5.41, 5.74) is 1.15. The molecule has 1 aromatic carbocycles. The van der Waals surface area contributed by atoms with Gasteiger partial charge in [-0.25, -0.2) is 0 Å². The van der Waals surface area contributed by atoms with Crippen LogP contribution in [0, 0.1) is 5.92 Å². The van der Waals surface area contributed by atoms with Gasteiger partial charge in [-0.3, -0.25) is 0 Å². The monoisotopic (exact) mass is 235 g/mol. The van der Waals surface area contributed by atoms with Gasteiger partial charge in [0.2, 0.25) is 0 Å². The van der Waals surface area contributed by atoms with Crippen molar-refractivity contribution in [1.82, 2.24) is 5.32 Å². The molecular formula is C14H21NO2. The minimum Gasteiger partial charge on any atom is -0.508 e. The topological polar surface area (TPSA) is 41.5 Å². The molecule has 0 spiro atoms. The Hall–Kier alpha value is -1.22. The highest BCUT2D eigenvalue weighted by Gasteiger charge is 2.26. The summed E-state index contributed by atoms with van der Waals surface area (Å²) >= 11 is 0. The van der Waals surface area contributed by atoms with Crippen molar-refractivity contribution in [3.8, 4) is 11.5 Å². The van der Waals surface area contributed by atoms with Crippen LogP contribution >= 0.6 is 0 Å². The molecule has 1 aliphatic heterocycles. The lowest BCUT2D eigenvalue weighted by Crippen LogP contribution is -2.35. The van der Waals surface area contributed by atoms with Crippen molar-refractivity contribution < 1.29 is 9.84 Å². The number of benzene rings is 1. The first kappa shape index (κ1) is 12.2.